The second-order valence-electron chi connectivity index (χ2n) is 22.6. The van der Waals surface area contributed by atoms with Crippen LogP contribution in [0.4, 0.5) is 17.1 Å². The minimum Gasteiger partial charge on any atom is -0.393 e. The van der Waals surface area contributed by atoms with Crippen LogP contribution in [0.5, 0.6) is 0 Å². The lowest BCUT2D eigenvalue weighted by molar-refractivity contribution is 0.178. The maximum atomic E-state index is 10.0. The van der Waals surface area contributed by atoms with Gasteiger partial charge in [0.2, 0.25) is 0 Å². The lowest BCUT2D eigenvalue weighted by Crippen LogP contribution is -2.06. The first-order valence-electron chi connectivity index (χ1n) is 27.6. The molecule has 0 saturated heterocycles. The largest absolute Gasteiger partial charge is 0.393 e. The molecule has 9 aromatic rings. The van der Waals surface area contributed by atoms with Crippen LogP contribution in [0, 0.1) is 82.0 Å². The van der Waals surface area contributed by atoms with Crippen molar-refractivity contribution in [2.24, 2.45) is 0 Å². The summed E-state index contributed by atoms with van der Waals surface area (Å²) in [5, 5.41) is 33.4. The highest BCUT2D eigenvalue weighted by molar-refractivity contribution is 6.02. The van der Waals surface area contributed by atoms with Gasteiger partial charge in [-0.3, -0.25) is 4.98 Å². The van der Waals surface area contributed by atoms with E-state index in [0.29, 0.717) is 35.2 Å². The number of benzene rings is 5. The van der Waals surface area contributed by atoms with E-state index in [1.807, 2.05) is 51.4 Å². The van der Waals surface area contributed by atoms with Crippen molar-refractivity contribution in [2.75, 3.05) is 0 Å². The molecule has 12 rings (SSSR count). The van der Waals surface area contributed by atoms with Gasteiger partial charge < -0.3 is 29.0 Å². The van der Waals surface area contributed by atoms with Gasteiger partial charge in [-0.1, -0.05) is 36.4 Å². The lowest BCUT2D eigenvalue weighted by atomic mass is 9.96. The molecule has 10 nitrogen and oxygen atoms in total. The van der Waals surface area contributed by atoms with Crippen molar-refractivity contribution in [1.29, 1.82) is 0 Å². The Morgan fingerprint density at radius 2 is 0.731 bits per heavy atom. The van der Waals surface area contributed by atoms with Crippen LogP contribution in [-0.2, 0) is 0 Å². The molecule has 0 amide bonds. The minimum atomic E-state index is -0.216. The molecule has 0 bridgehead atoms. The number of aryl methyl sites for hydroxylation is 6. The second-order valence-corrected chi connectivity index (χ2v) is 22.6. The fourth-order valence-electron chi connectivity index (χ4n) is 12.6. The van der Waals surface area contributed by atoms with E-state index in [0.717, 1.165) is 113 Å². The predicted octanol–water partition coefficient (Wildman–Crippen LogP) is 17.0. The van der Waals surface area contributed by atoms with Gasteiger partial charge in [0.05, 0.1) is 38.0 Å². The molecule has 78 heavy (non-hydrogen) atoms. The summed E-state index contributed by atoms with van der Waals surface area (Å²) in [5.41, 5.74) is 23.2. The Hall–Kier alpha value is -7.78. The van der Waals surface area contributed by atoms with Gasteiger partial charge in [0.25, 0.3) is 0 Å². The first kappa shape index (κ1) is 53.6. The van der Waals surface area contributed by atoms with E-state index in [1.165, 1.54) is 61.1 Å². The van der Waals surface area contributed by atoms with Gasteiger partial charge in [0, 0.05) is 87.9 Å². The highest BCUT2D eigenvalue weighted by Gasteiger charge is 2.30. The van der Waals surface area contributed by atoms with Gasteiger partial charge in [-0.15, -0.1) is 0 Å². The Morgan fingerprint density at radius 1 is 0.397 bits per heavy atom. The summed E-state index contributed by atoms with van der Waals surface area (Å²) in [6, 6.07) is 26.3. The van der Waals surface area contributed by atoms with Crippen molar-refractivity contribution in [3.8, 4) is 33.4 Å². The molecule has 3 aliphatic rings. The van der Waals surface area contributed by atoms with Gasteiger partial charge in [-0.25, -0.2) is 14.5 Å². The van der Waals surface area contributed by atoms with Crippen molar-refractivity contribution >= 4 is 49.8 Å². The Bertz CT molecular complexity index is 3520. The highest BCUT2D eigenvalue weighted by Crippen LogP contribution is 2.45. The van der Waals surface area contributed by atoms with Crippen LogP contribution in [0.2, 0.25) is 0 Å². The number of hydrogen-bond acceptors (Lipinski definition) is 4. The normalized spacial score (nSPS) is 19.8. The molecule has 4 aromatic heterocycles. The average molecular weight is 1030 g/mol. The van der Waals surface area contributed by atoms with E-state index in [2.05, 4.69) is 148 Å². The quantitative estimate of drug-likeness (QED) is 0.144. The summed E-state index contributed by atoms with van der Waals surface area (Å²) >= 11 is 0. The molecule has 6 atom stereocenters. The first-order chi connectivity index (χ1) is 37.5. The van der Waals surface area contributed by atoms with Crippen molar-refractivity contribution in [1.82, 2.24) is 18.7 Å². The van der Waals surface area contributed by atoms with Gasteiger partial charge in [-0.2, -0.15) is 0 Å². The Kier molecular flexibility index (Phi) is 15.1. The summed E-state index contributed by atoms with van der Waals surface area (Å²) in [7, 11) is 0. The molecule has 10 heteroatoms. The van der Waals surface area contributed by atoms with Crippen molar-refractivity contribution < 1.29 is 15.3 Å². The summed E-state index contributed by atoms with van der Waals surface area (Å²) < 4.78 is 6.98. The fraction of sp³-hybridized carbons (Fsp3) is 0.353. The van der Waals surface area contributed by atoms with Crippen LogP contribution >= 0.6 is 0 Å². The number of nitrogens with zero attached hydrogens (tertiary/aromatic N) is 7. The predicted molar refractivity (Wildman–Crippen MR) is 318 cm³/mol. The molecule has 396 valence electrons. The van der Waals surface area contributed by atoms with Gasteiger partial charge in [0.1, 0.15) is 0 Å². The molecule has 0 aliphatic heterocycles. The number of aliphatic hydroxyl groups excluding tert-OH is 3. The molecule has 3 saturated carbocycles. The number of aromatic nitrogens is 4. The summed E-state index contributed by atoms with van der Waals surface area (Å²) in [6.45, 7) is 41.3. The zero-order valence-corrected chi connectivity index (χ0v) is 46.6. The third-order valence-corrected chi connectivity index (χ3v) is 17.7. The van der Waals surface area contributed by atoms with Crippen LogP contribution in [-0.4, -0.2) is 52.3 Å². The van der Waals surface area contributed by atoms with Gasteiger partial charge in [-0.05, 0) is 234 Å². The third-order valence-electron chi connectivity index (χ3n) is 17.7. The van der Waals surface area contributed by atoms with Crippen LogP contribution in [0.15, 0.2) is 104 Å². The summed E-state index contributed by atoms with van der Waals surface area (Å²) in [6.07, 6.45) is 17.8. The van der Waals surface area contributed by atoms with E-state index in [4.69, 9.17) is 19.7 Å². The van der Waals surface area contributed by atoms with Crippen LogP contribution in [0.25, 0.3) is 80.6 Å². The number of pyridine rings is 1. The van der Waals surface area contributed by atoms with Gasteiger partial charge in [0.15, 0.2) is 17.1 Å². The zero-order chi connectivity index (χ0) is 55.3. The molecular weight excluding hydrogens is 963 g/mol. The zero-order valence-electron chi connectivity index (χ0n) is 46.6. The van der Waals surface area contributed by atoms with Crippen LogP contribution < -0.4 is 0 Å². The Labute approximate surface area is 459 Å². The molecular formula is C68H71N7O3. The molecule has 4 heterocycles. The number of hydrogen-bond donors (Lipinski definition) is 3. The van der Waals surface area contributed by atoms with Crippen molar-refractivity contribution in [3.63, 3.8) is 0 Å². The third kappa shape index (κ3) is 10.0. The number of fused-ring (bicyclic) bond motifs is 3. The monoisotopic (exact) mass is 1030 g/mol. The van der Waals surface area contributed by atoms with Crippen LogP contribution in [0.1, 0.15) is 126 Å². The van der Waals surface area contributed by atoms with Crippen LogP contribution in [0.3, 0.4) is 0 Å². The highest BCUT2D eigenvalue weighted by atomic mass is 16.3. The van der Waals surface area contributed by atoms with Crippen molar-refractivity contribution in [2.45, 2.75) is 157 Å². The average Bonchev–Trinajstić information content (AvgIpc) is 4.38. The van der Waals surface area contributed by atoms with E-state index in [1.54, 1.807) is 0 Å². The number of rotatable bonds is 6. The molecule has 0 radical (unpaired) electrons. The SMILES string of the molecule is [C-]#[N+]c1cc2c(-c3cccc(C)c3C)cn([C@@H]3CC[C@@H](O)C3)c2cc1C.[C-]#[N+]c1cc2c(-c3cccc(C)c3C)cn([C@@H]3CC[C@H](O)C3)c2cc1C.[C-]#[N+]c1cc2c(-c3cncc(C)c3C)cn([C@@H]3CC[C@H](O)C3)c2cc1C. The molecule has 0 spiro atoms. The fourth-order valence-corrected chi connectivity index (χ4v) is 12.6. The lowest BCUT2D eigenvalue weighted by Gasteiger charge is -2.14. The second kappa shape index (κ2) is 21.9. The topological polar surface area (TPSA) is 101 Å². The Morgan fingerprint density at radius 3 is 1.05 bits per heavy atom. The first-order valence-corrected chi connectivity index (χ1v) is 27.6. The molecule has 3 N–H and O–H groups in total. The standard InChI is InChI=1S/2C23H24N2O.C22H23N3O/c2*1-14-6-5-7-19(16(14)3)21-13-25(17-8-9-18(26)11-17)23-10-15(2)22(24-4)12-20(21)23;1-13-7-22-18(9-21(13)23-4)20(19-11-24-10-14(2)15(19)3)12-25(22)16-5-6-17(26)8-16/h2*5-7,10,12-13,17-18,26H,8-9,11H2,1-3H3;7,9-12,16-17,26H,5-6,8H2,1-3H3/t17-,18+;17-,18-;16-,17+/m111/s1. The maximum Gasteiger partial charge on any atom is 0.190 e. The van der Waals surface area contributed by atoms with E-state index in [-0.39, 0.29) is 18.3 Å². The summed E-state index contributed by atoms with van der Waals surface area (Å²) in [5.74, 6) is 0. The number of aliphatic hydroxyl groups is 3. The maximum absolute atomic E-state index is 10.0. The van der Waals surface area contributed by atoms with E-state index in [9.17, 15) is 15.3 Å². The molecule has 3 aliphatic carbocycles. The molecule has 3 fully saturated rings. The van der Waals surface area contributed by atoms with E-state index < -0.39 is 0 Å². The van der Waals surface area contributed by atoms with Gasteiger partial charge >= 0.3 is 0 Å². The smallest absolute Gasteiger partial charge is 0.190 e. The Balaban J connectivity index is 0.000000132. The van der Waals surface area contributed by atoms with E-state index >= 15 is 0 Å². The molecule has 0 unspecified atom stereocenters. The molecule has 5 aromatic carbocycles. The summed E-state index contributed by atoms with van der Waals surface area (Å²) in [4.78, 5) is 15.5. The van der Waals surface area contributed by atoms with Crippen molar-refractivity contribution in [3.05, 3.63) is 188 Å². The minimum absolute atomic E-state index is 0.204.